The van der Waals surface area contributed by atoms with Gasteiger partial charge in [0, 0.05) is 5.56 Å². The van der Waals surface area contributed by atoms with Crippen LogP contribution in [0, 0.1) is 6.92 Å². The minimum atomic E-state index is -2.91. The van der Waals surface area contributed by atoms with Crippen LogP contribution in [-0.2, 0) is 6.61 Å². The largest absolute Gasteiger partial charge is 0.484 e. The van der Waals surface area contributed by atoms with E-state index in [-0.39, 0.29) is 18.1 Å². The first-order chi connectivity index (χ1) is 13.9. The summed E-state index contributed by atoms with van der Waals surface area (Å²) in [5.41, 5.74) is 1.26. The molecule has 4 nitrogen and oxygen atoms in total. The normalized spacial score (nSPS) is 11.2. The summed E-state index contributed by atoms with van der Waals surface area (Å²) in [6.07, 6.45) is 2.86. The highest BCUT2D eigenvalue weighted by molar-refractivity contribution is 6.32. The highest BCUT2D eigenvalue weighted by Gasteiger charge is 2.08. The van der Waals surface area contributed by atoms with Crippen LogP contribution >= 0.6 is 11.6 Å². The summed E-state index contributed by atoms with van der Waals surface area (Å²) < 4.78 is 39.9. The van der Waals surface area contributed by atoms with Crippen molar-refractivity contribution < 1.29 is 27.5 Å². The third-order valence-electron chi connectivity index (χ3n) is 3.97. The Bertz CT molecular complexity index is 990. The van der Waals surface area contributed by atoms with Gasteiger partial charge in [0.15, 0.2) is 5.78 Å². The van der Waals surface area contributed by atoms with Crippen molar-refractivity contribution >= 4 is 23.5 Å². The van der Waals surface area contributed by atoms with E-state index in [1.165, 1.54) is 36.4 Å². The number of furan rings is 1. The van der Waals surface area contributed by atoms with Crippen molar-refractivity contribution in [3.05, 3.63) is 88.3 Å². The topological polar surface area (TPSA) is 48.7 Å². The summed E-state index contributed by atoms with van der Waals surface area (Å²) >= 11 is 6.13. The van der Waals surface area contributed by atoms with E-state index < -0.39 is 6.61 Å². The molecule has 0 N–H and O–H groups in total. The summed E-state index contributed by atoms with van der Waals surface area (Å²) in [6.45, 7) is -0.817. The average molecular weight is 419 g/mol. The van der Waals surface area contributed by atoms with Gasteiger partial charge in [-0.25, -0.2) is 0 Å². The van der Waals surface area contributed by atoms with Crippen LogP contribution in [0.2, 0.25) is 5.02 Å². The molecule has 0 aliphatic rings. The van der Waals surface area contributed by atoms with Crippen LogP contribution in [-0.4, -0.2) is 12.4 Å². The fourth-order valence-electron chi connectivity index (χ4n) is 2.56. The molecule has 0 aliphatic carbocycles. The molecule has 1 heterocycles. The van der Waals surface area contributed by atoms with Crippen molar-refractivity contribution in [2.75, 3.05) is 0 Å². The summed E-state index contributed by atoms with van der Waals surface area (Å²) in [7, 11) is 0. The van der Waals surface area contributed by atoms with Crippen LogP contribution in [0.5, 0.6) is 11.5 Å². The smallest absolute Gasteiger partial charge is 0.387 e. The zero-order valence-electron chi connectivity index (χ0n) is 15.4. The standard InChI is InChI=1S/C22H17ClF2O4/c1-14-3-2-4-19(23)21(14)27-13-18-10-9-16(28-18)11-12-20(26)15-5-7-17(8-6-15)29-22(24)25/h2-12,22H,13H2,1H3/b12-11+. The van der Waals surface area contributed by atoms with E-state index >= 15 is 0 Å². The van der Waals surface area contributed by atoms with Crippen LogP contribution in [0.1, 0.15) is 27.4 Å². The molecule has 0 saturated heterocycles. The monoisotopic (exact) mass is 418 g/mol. The third-order valence-corrected chi connectivity index (χ3v) is 4.27. The molecule has 0 spiro atoms. The number of carbonyl (C=O) groups excluding carboxylic acids is 1. The Morgan fingerprint density at radius 2 is 1.90 bits per heavy atom. The Kier molecular flexibility index (Phi) is 6.67. The van der Waals surface area contributed by atoms with E-state index in [2.05, 4.69) is 4.74 Å². The van der Waals surface area contributed by atoms with Crippen molar-refractivity contribution in [2.45, 2.75) is 20.1 Å². The Hall–Kier alpha value is -3.12. The van der Waals surface area contributed by atoms with Crippen molar-refractivity contribution in [3.63, 3.8) is 0 Å². The van der Waals surface area contributed by atoms with Gasteiger partial charge in [-0.15, -0.1) is 0 Å². The highest BCUT2D eigenvalue weighted by atomic mass is 35.5. The van der Waals surface area contributed by atoms with Crippen LogP contribution < -0.4 is 9.47 Å². The molecule has 2 aromatic carbocycles. The number of ketones is 1. The molecule has 0 unspecified atom stereocenters. The molecule has 0 saturated carbocycles. The van der Waals surface area contributed by atoms with E-state index in [4.69, 9.17) is 20.8 Å². The Labute approximate surface area is 171 Å². The molecule has 0 fully saturated rings. The number of alkyl halides is 2. The van der Waals surface area contributed by atoms with Crippen molar-refractivity contribution in [1.82, 2.24) is 0 Å². The minimum absolute atomic E-state index is 0.00929. The number of aryl methyl sites for hydroxylation is 1. The first-order valence-electron chi connectivity index (χ1n) is 8.66. The molecule has 29 heavy (non-hydrogen) atoms. The van der Waals surface area contributed by atoms with E-state index in [0.717, 1.165) is 5.56 Å². The lowest BCUT2D eigenvalue weighted by Crippen LogP contribution is -2.02. The molecular weight excluding hydrogens is 402 g/mol. The number of para-hydroxylation sites is 1. The number of halogens is 3. The van der Waals surface area contributed by atoms with Gasteiger partial charge in [-0.3, -0.25) is 4.79 Å². The maximum atomic E-state index is 12.2. The number of hydrogen-bond acceptors (Lipinski definition) is 4. The molecule has 3 aromatic rings. The SMILES string of the molecule is Cc1cccc(Cl)c1OCc1ccc(/C=C/C(=O)c2ccc(OC(F)F)cc2)o1. The zero-order chi connectivity index (χ0) is 20.8. The molecule has 7 heteroatoms. The molecule has 1 aromatic heterocycles. The summed E-state index contributed by atoms with van der Waals surface area (Å²) in [6, 6.07) is 14.4. The van der Waals surface area contributed by atoms with Crippen molar-refractivity contribution in [3.8, 4) is 11.5 Å². The first-order valence-corrected chi connectivity index (χ1v) is 9.04. The van der Waals surface area contributed by atoms with Crippen LogP contribution in [0.25, 0.3) is 6.08 Å². The minimum Gasteiger partial charge on any atom is -0.484 e. The molecular formula is C22H17ClF2O4. The van der Waals surface area contributed by atoms with Crippen LogP contribution in [0.4, 0.5) is 8.78 Å². The van der Waals surface area contributed by atoms with Gasteiger partial charge in [0.25, 0.3) is 0 Å². The number of benzene rings is 2. The van der Waals surface area contributed by atoms with Gasteiger partial charge in [-0.05, 0) is 67.1 Å². The number of hydrogen-bond donors (Lipinski definition) is 0. The Balaban J connectivity index is 1.59. The van der Waals surface area contributed by atoms with Gasteiger partial charge in [0.1, 0.15) is 29.6 Å². The summed E-state index contributed by atoms with van der Waals surface area (Å²) in [5, 5.41) is 0.521. The second kappa shape index (κ2) is 9.39. The van der Waals surface area contributed by atoms with Crippen LogP contribution in [0.3, 0.4) is 0 Å². The average Bonchev–Trinajstić information content (AvgIpc) is 3.14. The third kappa shape index (κ3) is 5.68. The fourth-order valence-corrected chi connectivity index (χ4v) is 2.84. The van der Waals surface area contributed by atoms with E-state index in [1.54, 1.807) is 18.2 Å². The molecule has 0 amide bonds. The maximum Gasteiger partial charge on any atom is 0.387 e. The van der Waals surface area contributed by atoms with Gasteiger partial charge >= 0.3 is 6.61 Å². The fraction of sp³-hybridized carbons (Fsp3) is 0.136. The summed E-state index contributed by atoms with van der Waals surface area (Å²) in [4.78, 5) is 12.2. The van der Waals surface area contributed by atoms with Gasteiger partial charge in [-0.2, -0.15) is 8.78 Å². The lowest BCUT2D eigenvalue weighted by atomic mass is 10.1. The number of ether oxygens (including phenoxy) is 2. The predicted molar refractivity (Wildman–Crippen MR) is 106 cm³/mol. The van der Waals surface area contributed by atoms with Gasteiger partial charge in [-0.1, -0.05) is 23.7 Å². The van der Waals surface area contributed by atoms with E-state index in [1.807, 2.05) is 19.1 Å². The second-order valence-corrected chi connectivity index (χ2v) is 6.49. The molecule has 0 bridgehead atoms. The maximum absolute atomic E-state index is 12.2. The molecule has 0 radical (unpaired) electrons. The quantitative estimate of drug-likeness (QED) is 0.317. The molecule has 0 atom stereocenters. The summed E-state index contributed by atoms with van der Waals surface area (Å²) in [5.74, 6) is 1.34. The Morgan fingerprint density at radius 3 is 2.59 bits per heavy atom. The van der Waals surface area contributed by atoms with Crippen LogP contribution in [0.15, 0.2) is 65.1 Å². The first kappa shape index (κ1) is 20.6. The van der Waals surface area contributed by atoms with Gasteiger partial charge in [0.05, 0.1) is 5.02 Å². The number of allylic oxidation sites excluding steroid dienone is 1. The number of rotatable bonds is 8. The second-order valence-electron chi connectivity index (χ2n) is 6.08. The molecule has 150 valence electrons. The molecule has 0 aliphatic heterocycles. The van der Waals surface area contributed by atoms with Gasteiger partial charge < -0.3 is 13.9 Å². The lowest BCUT2D eigenvalue weighted by molar-refractivity contribution is -0.0498. The molecule has 3 rings (SSSR count). The number of carbonyl (C=O) groups is 1. The highest BCUT2D eigenvalue weighted by Crippen LogP contribution is 2.28. The van der Waals surface area contributed by atoms with Gasteiger partial charge in [0.2, 0.25) is 0 Å². The van der Waals surface area contributed by atoms with Crippen molar-refractivity contribution in [1.29, 1.82) is 0 Å². The Morgan fingerprint density at radius 1 is 1.14 bits per heavy atom. The predicted octanol–water partition coefficient (Wildman–Crippen LogP) is 6.32. The lowest BCUT2D eigenvalue weighted by Gasteiger charge is -2.09. The van der Waals surface area contributed by atoms with E-state index in [9.17, 15) is 13.6 Å². The van der Waals surface area contributed by atoms with Crippen molar-refractivity contribution in [2.24, 2.45) is 0 Å². The zero-order valence-corrected chi connectivity index (χ0v) is 16.2. The van der Waals surface area contributed by atoms with E-state index in [0.29, 0.717) is 27.9 Å².